The molecule has 2 aromatic rings. The molecule has 3 rings (SSSR count). The molecule has 1 unspecified atom stereocenters. The number of thiophene rings is 1. The van der Waals surface area contributed by atoms with Crippen LogP contribution in [0.25, 0.3) is 11.4 Å². The van der Waals surface area contributed by atoms with E-state index in [0.29, 0.717) is 26.0 Å². The summed E-state index contributed by atoms with van der Waals surface area (Å²) in [5, 5.41) is 20.6. The number of carbonyl (C=O) groups is 1. The monoisotopic (exact) mass is 332 g/mol. The summed E-state index contributed by atoms with van der Waals surface area (Å²) < 4.78 is 2.60. The van der Waals surface area contributed by atoms with Gasteiger partial charge in [0.2, 0.25) is 0 Å². The van der Waals surface area contributed by atoms with Gasteiger partial charge in [-0.1, -0.05) is 23.2 Å². The second-order valence-electron chi connectivity index (χ2n) is 4.69. The maximum absolute atomic E-state index is 11.0. The van der Waals surface area contributed by atoms with Crippen LogP contribution in [0.5, 0.6) is 0 Å². The van der Waals surface area contributed by atoms with Crippen molar-refractivity contribution in [3.05, 3.63) is 14.7 Å². The minimum atomic E-state index is -0.863. The van der Waals surface area contributed by atoms with Crippen LogP contribution in [0, 0.1) is 5.92 Å². The highest BCUT2D eigenvalue weighted by Gasteiger charge is 2.36. The summed E-state index contributed by atoms with van der Waals surface area (Å²) in [6, 6.07) is 1.45. The molecule has 0 aromatic carbocycles. The van der Waals surface area contributed by atoms with Gasteiger partial charge in [-0.2, -0.15) is 0 Å². The molecule has 9 heteroatoms. The van der Waals surface area contributed by atoms with Crippen LogP contribution in [0.1, 0.15) is 25.3 Å². The molecular formula is C11H10Cl2N4O2S. The second-order valence-corrected chi connectivity index (χ2v) is 6.97. The Hall–Kier alpha value is -1.18. The quantitative estimate of drug-likeness (QED) is 0.909. The molecule has 20 heavy (non-hydrogen) atoms. The predicted molar refractivity (Wildman–Crippen MR) is 75.2 cm³/mol. The zero-order valence-corrected chi connectivity index (χ0v) is 12.5. The van der Waals surface area contributed by atoms with E-state index in [0.717, 1.165) is 12.8 Å². The first kappa shape index (κ1) is 13.8. The molecule has 0 aliphatic heterocycles. The Balaban J connectivity index is 2.00. The van der Waals surface area contributed by atoms with Crippen molar-refractivity contribution in [3.8, 4) is 11.4 Å². The minimum Gasteiger partial charge on any atom is -0.481 e. The highest BCUT2D eigenvalue weighted by Crippen LogP contribution is 2.44. The van der Waals surface area contributed by atoms with Crippen molar-refractivity contribution in [2.75, 3.05) is 0 Å². The van der Waals surface area contributed by atoms with Gasteiger partial charge in [0.25, 0.3) is 0 Å². The van der Waals surface area contributed by atoms with E-state index in [-0.39, 0.29) is 12.5 Å². The number of carboxylic acid groups (broad SMARTS) is 1. The van der Waals surface area contributed by atoms with Gasteiger partial charge < -0.3 is 5.11 Å². The van der Waals surface area contributed by atoms with E-state index in [4.69, 9.17) is 28.3 Å². The van der Waals surface area contributed by atoms with Gasteiger partial charge in [0.05, 0.1) is 22.4 Å². The van der Waals surface area contributed by atoms with Gasteiger partial charge in [0.15, 0.2) is 5.82 Å². The molecule has 0 bridgehead atoms. The molecule has 1 saturated carbocycles. The highest BCUT2D eigenvalue weighted by atomic mass is 35.5. The number of carboxylic acids is 1. The first-order valence-corrected chi connectivity index (χ1v) is 7.58. The first-order chi connectivity index (χ1) is 9.56. The Morgan fingerprint density at radius 1 is 1.55 bits per heavy atom. The highest BCUT2D eigenvalue weighted by molar-refractivity contribution is 7.20. The van der Waals surface area contributed by atoms with Crippen molar-refractivity contribution in [2.45, 2.75) is 25.3 Å². The smallest absolute Gasteiger partial charge is 0.305 e. The van der Waals surface area contributed by atoms with E-state index in [1.807, 2.05) is 0 Å². The fourth-order valence-corrected chi connectivity index (χ4v) is 3.66. The number of halogens is 2. The van der Waals surface area contributed by atoms with Crippen molar-refractivity contribution < 1.29 is 9.90 Å². The third kappa shape index (κ3) is 2.65. The zero-order valence-electron chi connectivity index (χ0n) is 10.2. The van der Waals surface area contributed by atoms with Crippen LogP contribution >= 0.6 is 34.5 Å². The van der Waals surface area contributed by atoms with E-state index >= 15 is 0 Å². The number of hydrogen-bond donors (Lipinski definition) is 1. The van der Waals surface area contributed by atoms with Gasteiger partial charge in [-0.3, -0.25) is 4.79 Å². The number of tetrazole rings is 1. The van der Waals surface area contributed by atoms with Crippen molar-refractivity contribution in [1.82, 2.24) is 20.2 Å². The fourth-order valence-electron chi connectivity index (χ4n) is 2.20. The molecule has 106 valence electrons. The van der Waals surface area contributed by atoms with Gasteiger partial charge in [-0.05, 0) is 35.3 Å². The lowest BCUT2D eigenvalue weighted by Gasteiger charge is -2.15. The molecule has 0 spiro atoms. The van der Waals surface area contributed by atoms with E-state index in [1.165, 1.54) is 11.3 Å². The molecule has 2 heterocycles. The van der Waals surface area contributed by atoms with Crippen LogP contribution < -0.4 is 0 Å². The predicted octanol–water partition coefficient (Wildman–Crippen LogP) is 3.13. The van der Waals surface area contributed by atoms with Crippen LogP contribution in [0.4, 0.5) is 0 Å². The second kappa shape index (κ2) is 5.31. The molecular weight excluding hydrogens is 323 g/mol. The van der Waals surface area contributed by atoms with Gasteiger partial charge in [-0.25, -0.2) is 4.68 Å². The average Bonchev–Trinajstić information content (AvgIpc) is 3.00. The Labute approximate surface area is 128 Å². The molecule has 6 nitrogen and oxygen atoms in total. The Morgan fingerprint density at radius 2 is 2.30 bits per heavy atom. The minimum absolute atomic E-state index is 0.00179. The molecule has 1 aliphatic carbocycles. The normalized spacial score (nSPS) is 16.3. The standard InChI is InChI=1S/C11H10Cl2N4O2S/c12-8-3-6(10(13)20-8)11-14-15-16-17(11)7(4-9(18)19)5-1-2-5/h3,5,7H,1-2,4H2,(H,18,19). The summed E-state index contributed by atoms with van der Waals surface area (Å²) in [6.07, 6.45) is 1.99. The number of hydrogen-bond acceptors (Lipinski definition) is 5. The van der Waals surface area contributed by atoms with Crippen LogP contribution in [0.2, 0.25) is 8.67 Å². The van der Waals surface area contributed by atoms with Crippen molar-refractivity contribution >= 4 is 40.5 Å². The van der Waals surface area contributed by atoms with Crippen LogP contribution in [0.3, 0.4) is 0 Å². The maximum Gasteiger partial charge on any atom is 0.305 e. The van der Waals surface area contributed by atoms with Crippen molar-refractivity contribution in [2.24, 2.45) is 5.92 Å². The SMILES string of the molecule is O=C(O)CC(C1CC1)n1nnnc1-c1cc(Cl)sc1Cl. The molecule has 1 fully saturated rings. The van der Waals surface area contributed by atoms with Crippen LogP contribution in [0.15, 0.2) is 6.07 Å². The summed E-state index contributed by atoms with van der Waals surface area (Å²) in [4.78, 5) is 11.0. The molecule has 2 aromatic heterocycles. The topological polar surface area (TPSA) is 80.9 Å². The first-order valence-electron chi connectivity index (χ1n) is 6.01. The average molecular weight is 333 g/mol. The van der Waals surface area contributed by atoms with Gasteiger partial charge in [-0.15, -0.1) is 16.4 Å². The maximum atomic E-state index is 11.0. The van der Waals surface area contributed by atoms with E-state index in [1.54, 1.807) is 10.7 Å². The van der Waals surface area contributed by atoms with Gasteiger partial charge in [0, 0.05) is 0 Å². The van der Waals surface area contributed by atoms with Gasteiger partial charge >= 0.3 is 5.97 Å². The third-order valence-electron chi connectivity index (χ3n) is 3.25. The van der Waals surface area contributed by atoms with Crippen molar-refractivity contribution in [3.63, 3.8) is 0 Å². The number of aromatic nitrogens is 4. The number of nitrogens with zero attached hydrogens (tertiary/aromatic N) is 4. The Bertz CT molecular complexity index is 653. The Kier molecular flexibility index (Phi) is 3.66. The Morgan fingerprint density at radius 3 is 2.85 bits per heavy atom. The molecule has 0 amide bonds. The molecule has 1 N–H and O–H groups in total. The summed E-state index contributed by atoms with van der Waals surface area (Å²) in [6.45, 7) is 0. The van der Waals surface area contributed by atoms with Crippen molar-refractivity contribution in [1.29, 1.82) is 0 Å². The van der Waals surface area contributed by atoms with Gasteiger partial charge in [0.1, 0.15) is 4.34 Å². The van der Waals surface area contributed by atoms with E-state index in [2.05, 4.69) is 15.5 Å². The fraction of sp³-hybridized carbons (Fsp3) is 0.455. The van der Waals surface area contributed by atoms with Crippen LogP contribution in [-0.2, 0) is 4.79 Å². The summed E-state index contributed by atoms with van der Waals surface area (Å²) in [5.41, 5.74) is 0.641. The molecule has 0 radical (unpaired) electrons. The largest absolute Gasteiger partial charge is 0.481 e. The lowest BCUT2D eigenvalue weighted by Crippen LogP contribution is -2.18. The van der Waals surface area contributed by atoms with Crippen LogP contribution in [-0.4, -0.2) is 31.3 Å². The summed E-state index contributed by atoms with van der Waals surface area (Å²) >= 11 is 13.3. The summed E-state index contributed by atoms with van der Waals surface area (Å²) in [7, 11) is 0. The van der Waals surface area contributed by atoms with E-state index < -0.39 is 5.97 Å². The zero-order chi connectivity index (χ0) is 14.3. The van der Waals surface area contributed by atoms with E-state index in [9.17, 15) is 4.79 Å². The molecule has 1 atom stereocenters. The number of rotatable bonds is 5. The third-order valence-corrected chi connectivity index (χ3v) is 4.74. The summed E-state index contributed by atoms with van der Waals surface area (Å²) in [5.74, 6) is -0.0877. The molecule has 0 saturated heterocycles. The molecule has 1 aliphatic rings. The lowest BCUT2D eigenvalue weighted by atomic mass is 10.1. The number of aliphatic carboxylic acids is 1. The lowest BCUT2D eigenvalue weighted by molar-refractivity contribution is -0.138.